The Bertz CT molecular complexity index is 505. The number of aliphatic hydroxyl groups is 1. The van der Waals surface area contributed by atoms with Gasteiger partial charge in [-0.25, -0.2) is 0 Å². The van der Waals surface area contributed by atoms with Crippen LogP contribution in [-0.2, 0) is 9.53 Å². The van der Waals surface area contributed by atoms with E-state index in [-0.39, 0.29) is 24.1 Å². The molecule has 0 saturated carbocycles. The van der Waals surface area contributed by atoms with Crippen LogP contribution < -0.4 is 0 Å². The molecular weight excluding hydrogens is 232 g/mol. The molecule has 1 fully saturated rings. The number of phenols is 1. The second-order valence-electron chi connectivity index (χ2n) is 4.84. The molecule has 1 aromatic carbocycles. The van der Waals surface area contributed by atoms with E-state index in [1.807, 2.05) is 0 Å². The Morgan fingerprint density at radius 1 is 1.33 bits per heavy atom. The number of hydrogen-bond acceptors (Lipinski definition) is 4. The summed E-state index contributed by atoms with van der Waals surface area (Å²) >= 11 is 0. The third-order valence-corrected chi connectivity index (χ3v) is 3.79. The quantitative estimate of drug-likeness (QED) is 0.821. The van der Waals surface area contributed by atoms with Gasteiger partial charge in [-0.1, -0.05) is 12.1 Å². The molecule has 2 aliphatic heterocycles. The van der Waals surface area contributed by atoms with Crippen LogP contribution in [0.3, 0.4) is 0 Å². The van der Waals surface area contributed by atoms with Crippen molar-refractivity contribution in [2.75, 3.05) is 6.61 Å². The number of phenolic OH excluding ortho intramolecular Hbond substituents is 1. The maximum absolute atomic E-state index is 11.6. The largest absolute Gasteiger partial charge is 0.508 e. The minimum absolute atomic E-state index is 0.0413. The Kier molecular flexibility index (Phi) is 2.50. The lowest BCUT2D eigenvalue weighted by molar-refractivity contribution is -0.132. The minimum atomic E-state index is -0.796. The summed E-state index contributed by atoms with van der Waals surface area (Å²) in [5, 5.41) is 18.9. The van der Waals surface area contributed by atoms with Gasteiger partial charge in [0.25, 0.3) is 0 Å². The van der Waals surface area contributed by atoms with E-state index in [1.54, 1.807) is 30.3 Å². The van der Waals surface area contributed by atoms with Gasteiger partial charge in [-0.15, -0.1) is 0 Å². The maximum Gasteiger partial charge on any atom is 0.184 e. The third kappa shape index (κ3) is 1.57. The van der Waals surface area contributed by atoms with Gasteiger partial charge in [-0.05, 0) is 36.3 Å². The Morgan fingerprint density at radius 3 is 2.72 bits per heavy atom. The second kappa shape index (κ2) is 3.93. The molecule has 0 aliphatic carbocycles. The first kappa shape index (κ1) is 11.4. The summed E-state index contributed by atoms with van der Waals surface area (Å²) in [6, 6.07) is 6.82. The Labute approximate surface area is 105 Å². The van der Waals surface area contributed by atoms with Gasteiger partial charge < -0.3 is 14.9 Å². The predicted octanol–water partition coefficient (Wildman–Crippen LogP) is 1.13. The normalized spacial score (nSPS) is 33.9. The molecule has 0 aromatic heterocycles. The van der Waals surface area contributed by atoms with E-state index in [4.69, 9.17) is 4.74 Å². The number of fused-ring (bicyclic) bond motifs is 2. The predicted molar refractivity (Wildman–Crippen MR) is 64.3 cm³/mol. The van der Waals surface area contributed by atoms with Crippen molar-refractivity contribution in [2.45, 2.75) is 24.0 Å². The summed E-state index contributed by atoms with van der Waals surface area (Å²) in [7, 11) is 0. The van der Waals surface area contributed by atoms with Crippen molar-refractivity contribution in [3.05, 3.63) is 42.0 Å². The molecule has 0 spiro atoms. The Balaban J connectivity index is 2.00. The lowest BCUT2D eigenvalue weighted by Crippen LogP contribution is -2.39. The number of aromatic hydroxyl groups is 1. The number of rotatable bonds is 2. The number of ketones is 1. The van der Waals surface area contributed by atoms with Crippen molar-refractivity contribution >= 4 is 5.78 Å². The molecule has 2 bridgehead atoms. The van der Waals surface area contributed by atoms with Crippen LogP contribution in [0, 0.1) is 0 Å². The van der Waals surface area contributed by atoms with E-state index in [9.17, 15) is 15.0 Å². The van der Waals surface area contributed by atoms with E-state index in [0.717, 1.165) is 5.56 Å². The van der Waals surface area contributed by atoms with Gasteiger partial charge in [-0.3, -0.25) is 4.79 Å². The molecule has 1 saturated heterocycles. The fourth-order valence-electron chi connectivity index (χ4n) is 2.79. The van der Waals surface area contributed by atoms with Crippen LogP contribution in [0.5, 0.6) is 5.75 Å². The highest BCUT2D eigenvalue weighted by molar-refractivity contribution is 5.95. The van der Waals surface area contributed by atoms with Crippen molar-refractivity contribution in [3.8, 4) is 5.75 Å². The van der Waals surface area contributed by atoms with Crippen molar-refractivity contribution in [2.24, 2.45) is 0 Å². The van der Waals surface area contributed by atoms with Crippen LogP contribution in [0.4, 0.5) is 0 Å². The van der Waals surface area contributed by atoms with Gasteiger partial charge in [0.2, 0.25) is 0 Å². The highest BCUT2D eigenvalue weighted by atomic mass is 16.5. The summed E-state index contributed by atoms with van der Waals surface area (Å²) in [6.45, 7) is -0.154. The monoisotopic (exact) mass is 246 g/mol. The highest BCUT2D eigenvalue weighted by Crippen LogP contribution is 2.46. The first-order chi connectivity index (χ1) is 8.64. The Hall–Kier alpha value is -1.65. The molecule has 0 amide bonds. The zero-order chi connectivity index (χ0) is 12.8. The zero-order valence-electron chi connectivity index (χ0n) is 9.74. The molecule has 2 aliphatic rings. The highest BCUT2D eigenvalue weighted by Gasteiger charge is 2.51. The minimum Gasteiger partial charge on any atom is -0.508 e. The van der Waals surface area contributed by atoms with Crippen LogP contribution in [0.2, 0.25) is 0 Å². The van der Waals surface area contributed by atoms with E-state index < -0.39 is 11.7 Å². The first-order valence-electron chi connectivity index (χ1n) is 5.95. The zero-order valence-corrected chi connectivity index (χ0v) is 9.74. The number of benzene rings is 1. The lowest BCUT2D eigenvalue weighted by Gasteiger charge is -2.31. The molecule has 3 atom stereocenters. The van der Waals surface area contributed by atoms with Gasteiger partial charge in [0, 0.05) is 5.92 Å². The van der Waals surface area contributed by atoms with E-state index in [1.165, 1.54) is 6.08 Å². The standard InChI is InChI=1S/C14H14O4/c15-8-14-6-5-12(17)13(18-14)7-11(14)9-1-3-10(16)4-2-9/h1-6,11,13,15-16H,7-8H2. The number of hydrogen-bond donors (Lipinski definition) is 2. The lowest BCUT2D eigenvalue weighted by atomic mass is 9.82. The molecule has 94 valence electrons. The van der Waals surface area contributed by atoms with Gasteiger partial charge in [0.15, 0.2) is 5.78 Å². The van der Waals surface area contributed by atoms with Crippen LogP contribution in [-0.4, -0.2) is 34.3 Å². The van der Waals surface area contributed by atoms with E-state index in [2.05, 4.69) is 0 Å². The molecule has 3 rings (SSSR count). The maximum atomic E-state index is 11.6. The molecular formula is C14H14O4. The topological polar surface area (TPSA) is 66.8 Å². The van der Waals surface area contributed by atoms with Crippen LogP contribution in [0.1, 0.15) is 17.9 Å². The summed E-state index contributed by atoms with van der Waals surface area (Å²) < 4.78 is 5.69. The van der Waals surface area contributed by atoms with E-state index >= 15 is 0 Å². The van der Waals surface area contributed by atoms with Gasteiger partial charge in [-0.2, -0.15) is 0 Å². The van der Waals surface area contributed by atoms with Crippen molar-refractivity contribution < 1.29 is 19.7 Å². The van der Waals surface area contributed by atoms with Gasteiger partial charge >= 0.3 is 0 Å². The van der Waals surface area contributed by atoms with Crippen molar-refractivity contribution in [3.63, 3.8) is 0 Å². The average molecular weight is 246 g/mol. The fourth-order valence-corrected chi connectivity index (χ4v) is 2.79. The smallest absolute Gasteiger partial charge is 0.184 e. The van der Waals surface area contributed by atoms with Gasteiger partial charge in [0.1, 0.15) is 17.5 Å². The summed E-state index contributed by atoms with van der Waals surface area (Å²) in [5.74, 6) is 0.0986. The molecule has 3 unspecified atom stereocenters. The molecule has 2 N–H and O–H groups in total. The third-order valence-electron chi connectivity index (χ3n) is 3.79. The molecule has 1 aromatic rings. The molecule has 0 radical (unpaired) electrons. The number of aliphatic hydroxyl groups excluding tert-OH is 1. The molecule has 2 heterocycles. The van der Waals surface area contributed by atoms with Crippen LogP contribution >= 0.6 is 0 Å². The summed E-state index contributed by atoms with van der Waals surface area (Å²) in [4.78, 5) is 11.6. The van der Waals surface area contributed by atoms with E-state index in [0.29, 0.717) is 6.42 Å². The first-order valence-corrected chi connectivity index (χ1v) is 5.95. The molecule has 18 heavy (non-hydrogen) atoms. The molecule has 4 nitrogen and oxygen atoms in total. The van der Waals surface area contributed by atoms with Crippen LogP contribution in [0.15, 0.2) is 36.4 Å². The van der Waals surface area contributed by atoms with Crippen LogP contribution in [0.25, 0.3) is 0 Å². The molecule has 4 heteroatoms. The van der Waals surface area contributed by atoms with Gasteiger partial charge in [0.05, 0.1) is 6.61 Å². The number of ether oxygens (including phenoxy) is 1. The number of carbonyl (C=O) groups is 1. The van der Waals surface area contributed by atoms with Crippen molar-refractivity contribution in [1.82, 2.24) is 0 Å². The summed E-state index contributed by atoms with van der Waals surface area (Å²) in [5.41, 5.74) is 0.166. The summed E-state index contributed by atoms with van der Waals surface area (Å²) in [6.07, 6.45) is 3.28. The number of carbonyl (C=O) groups excluding carboxylic acids is 1. The SMILES string of the molecule is O=C1C=CC2(CO)OC1CC2c1ccc(O)cc1. The second-order valence-corrected chi connectivity index (χ2v) is 4.84. The fraction of sp³-hybridized carbons (Fsp3) is 0.357. The Morgan fingerprint density at radius 2 is 2.06 bits per heavy atom. The average Bonchev–Trinajstić information content (AvgIpc) is 2.71. The van der Waals surface area contributed by atoms with Crippen molar-refractivity contribution in [1.29, 1.82) is 0 Å².